The van der Waals surface area contributed by atoms with Crippen molar-refractivity contribution in [2.45, 2.75) is 12.8 Å². The lowest BCUT2D eigenvalue weighted by Gasteiger charge is -1.99. The molecule has 1 aromatic heterocycles. The van der Waals surface area contributed by atoms with Crippen molar-refractivity contribution in [3.8, 4) is 0 Å². The second-order valence-corrected chi connectivity index (χ2v) is 3.00. The van der Waals surface area contributed by atoms with Crippen LogP contribution in [0, 0.1) is 0 Å². The fraction of sp³-hybridized carbons (Fsp3) is 0.444. The molecular formula is C9H13N3. The first-order valence-corrected chi connectivity index (χ1v) is 4.24. The highest BCUT2D eigenvalue weighted by Crippen LogP contribution is 1.97. The number of aromatic nitrogens is 2. The summed E-state index contributed by atoms with van der Waals surface area (Å²) in [5.74, 6) is 0.939. The van der Waals surface area contributed by atoms with Gasteiger partial charge >= 0.3 is 0 Å². The van der Waals surface area contributed by atoms with Gasteiger partial charge in [-0.2, -0.15) is 0 Å². The van der Waals surface area contributed by atoms with E-state index in [0.29, 0.717) is 0 Å². The molecule has 2 rings (SSSR count). The number of nitrogens with one attached hydrogen (secondary N) is 1. The molecule has 1 aliphatic carbocycles. The van der Waals surface area contributed by atoms with Crippen LogP contribution in [-0.2, 0) is 7.05 Å². The lowest BCUT2D eigenvalue weighted by Crippen LogP contribution is -2.30. The summed E-state index contributed by atoms with van der Waals surface area (Å²) >= 11 is 0. The van der Waals surface area contributed by atoms with Gasteiger partial charge in [-0.1, -0.05) is 12.2 Å². The lowest BCUT2D eigenvalue weighted by atomic mass is 10.2. The summed E-state index contributed by atoms with van der Waals surface area (Å²) in [5.41, 5.74) is 0. The quantitative estimate of drug-likeness (QED) is 0.622. The van der Waals surface area contributed by atoms with Gasteiger partial charge in [0, 0.05) is 14.1 Å². The molecule has 0 amide bonds. The van der Waals surface area contributed by atoms with Gasteiger partial charge in [0.2, 0.25) is 5.95 Å². The zero-order valence-corrected chi connectivity index (χ0v) is 7.46. The first-order chi connectivity index (χ1) is 5.83. The van der Waals surface area contributed by atoms with Gasteiger partial charge < -0.3 is 9.88 Å². The van der Waals surface area contributed by atoms with Gasteiger partial charge in [0.15, 0.2) is 0 Å². The van der Waals surface area contributed by atoms with E-state index in [9.17, 15) is 0 Å². The molecule has 0 bridgehead atoms. The first kappa shape index (κ1) is 7.40. The monoisotopic (exact) mass is 163 g/mol. The third-order valence-electron chi connectivity index (χ3n) is 2.23. The molecule has 0 saturated carbocycles. The molecule has 0 atom stereocenters. The second-order valence-electron chi connectivity index (χ2n) is 3.00. The summed E-state index contributed by atoms with van der Waals surface area (Å²) in [6, 6.07) is 0. The molecule has 0 aliphatic heterocycles. The Morgan fingerprint density at radius 3 is 2.83 bits per heavy atom. The Bertz CT molecular complexity index is 400. The molecular weight excluding hydrogens is 150 g/mol. The van der Waals surface area contributed by atoms with Crippen LogP contribution in [0.4, 0.5) is 5.95 Å². The predicted molar refractivity (Wildman–Crippen MR) is 50.2 cm³/mol. The molecule has 1 N–H and O–H groups in total. The highest BCUT2D eigenvalue weighted by atomic mass is 15.2. The summed E-state index contributed by atoms with van der Waals surface area (Å²) < 4.78 is 2.09. The van der Waals surface area contributed by atoms with Gasteiger partial charge in [0.25, 0.3) is 0 Å². The lowest BCUT2D eigenvalue weighted by molar-refractivity contribution is 0.879. The van der Waals surface area contributed by atoms with E-state index in [1.54, 1.807) is 0 Å². The molecule has 0 fully saturated rings. The average molecular weight is 163 g/mol. The van der Waals surface area contributed by atoms with Crippen molar-refractivity contribution in [3.05, 3.63) is 10.7 Å². The first-order valence-electron chi connectivity index (χ1n) is 4.24. The van der Waals surface area contributed by atoms with Crippen LogP contribution in [0.25, 0.3) is 12.2 Å². The average Bonchev–Trinajstić information content (AvgIpc) is 2.44. The summed E-state index contributed by atoms with van der Waals surface area (Å²) in [7, 11) is 3.93. The van der Waals surface area contributed by atoms with Gasteiger partial charge in [0.05, 0.1) is 10.7 Å². The number of hydrogen-bond acceptors (Lipinski definition) is 2. The smallest absolute Gasteiger partial charge is 0.203 e. The van der Waals surface area contributed by atoms with E-state index in [1.165, 1.54) is 5.35 Å². The van der Waals surface area contributed by atoms with Crippen LogP contribution in [0.3, 0.4) is 0 Å². The van der Waals surface area contributed by atoms with E-state index in [-0.39, 0.29) is 0 Å². The molecule has 3 nitrogen and oxygen atoms in total. The molecule has 12 heavy (non-hydrogen) atoms. The second kappa shape index (κ2) is 2.66. The third kappa shape index (κ3) is 0.932. The van der Waals surface area contributed by atoms with E-state index in [1.807, 2.05) is 14.1 Å². The Hall–Kier alpha value is -1.25. The fourth-order valence-electron chi connectivity index (χ4n) is 1.59. The van der Waals surface area contributed by atoms with Crippen LogP contribution < -0.4 is 16.0 Å². The van der Waals surface area contributed by atoms with Crippen molar-refractivity contribution in [2.75, 3.05) is 12.4 Å². The van der Waals surface area contributed by atoms with E-state index >= 15 is 0 Å². The maximum absolute atomic E-state index is 4.43. The Morgan fingerprint density at radius 2 is 2.17 bits per heavy atom. The summed E-state index contributed by atoms with van der Waals surface area (Å²) in [4.78, 5) is 4.43. The van der Waals surface area contributed by atoms with Crippen molar-refractivity contribution >= 4 is 18.1 Å². The summed E-state index contributed by atoms with van der Waals surface area (Å²) in [6.07, 6.45) is 6.68. The van der Waals surface area contributed by atoms with Crippen molar-refractivity contribution in [1.82, 2.24) is 9.55 Å². The highest BCUT2D eigenvalue weighted by molar-refractivity contribution is 5.38. The summed E-state index contributed by atoms with van der Waals surface area (Å²) in [6.45, 7) is 0. The normalized spacial score (nSPS) is 14.5. The van der Waals surface area contributed by atoms with Crippen LogP contribution in [0.5, 0.6) is 0 Å². The summed E-state index contributed by atoms with van der Waals surface area (Å²) in [5, 5.41) is 5.42. The number of rotatable bonds is 1. The van der Waals surface area contributed by atoms with E-state index in [4.69, 9.17) is 0 Å². The molecule has 0 spiro atoms. The molecule has 1 aromatic rings. The Balaban J connectivity index is 2.76. The minimum atomic E-state index is 0.939. The maximum atomic E-state index is 4.43. The molecule has 1 aliphatic rings. The SMILES string of the molecule is CNc1nc2c(n1C)=CCCC=2. The van der Waals surface area contributed by atoms with Crippen molar-refractivity contribution in [3.63, 3.8) is 0 Å². The number of nitrogens with zero attached hydrogens (tertiary/aromatic N) is 2. The molecule has 0 radical (unpaired) electrons. The van der Waals surface area contributed by atoms with Crippen molar-refractivity contribution in [2.24, 2.45) is 7.05 Å². The number of imidazole rings is 1. The Morgan fingerprint density at radius 1 is 1.42 bits per heavy atom. The Labute approximate surface area is 71.4 Å². The van der Waals surface area contributed by atoms with Gasteiger partial charge in [-0.25, -0.2) is 4.98 Å². The topological polar surface area (TPSA) is 29.9 Å². The molecule has 1 heterocycles. The van der Waals surface area contributed by atoms with E-state index in [0.717, 1.165) is 24.1 Å². The van der Waals surface area contributed by atoms with E-state index in [2.05, 4.69) is 27.0 Å². The Kier molecular flexibility index (Phi) is 1.64. The zero-order valence-electron chi connectivity index (χ0n) is 7.46. The number of fused-ring (bicyclic) bond motifs is 1. The molecule has 0 aromatic carbocycles. The van der Waals surface area contributed by atoms with Crippen molar-refractivity contribution in [1.29, 1.82) is 0 Å². The molecule has 0 unspecified atom stereocenters. The molecule has 0 saturated heterocycles. The van der Waals surface area contributed by atoms with Crippen LogP contribution in [0.1, 0.15) is 12.8 Å². The zero-order chi connectivity index (χ0) is 8.55. The maximum Gasteiger partial charge on any atom is 0.203 e. The number of anilines is 1. The van der Waals surface area contributed by atoms with Gasteiger partial charge in [-0.3, -0.25) is 0 Å². The largest absolute Gasteiger partial charge is 0.359 e. The van der Waals surface area contributed by atoms with Crippen molar-refractivity contribution < 1.29 is 0 Å². The van der Waals surface area contributed by atoms with Gasteiger partial charge in [-0.05, 0) is 12.8 Å². The third-order valence-corrected chi connectivity index (χ3v) is 2.23. The van der Waals surface area contributed by atoms with Crippen LogP contribution in [0.2, 0.25) is 0 Å². The molecule has 64 valence electrons. The van der Waals surface area contributed by atoms with Crippen LogP contribution in [0.15, 0.2) is 0 Å². The van der Waals surface area contributed by atoms with Crippen LogP contribution in [-0.4, -0.2) is 16.6 Å². The minimum Gasteiger partial charge on any atom is -0.359 e. The number of hydrogen-bond donors (Lipinski definition) is 1. The van der Waals surface area contributed by atoms with Gasteiger partial charge in [-0.15, -0.1) is 0 Å². The van der Waals surface area contributed by atoms with Crippen LogP contribution >= 0.6 is 0 Å². The predicted octanol–water partition coefficient (Wildman–Crippen LogP) is -0.183. The highest BCUT2D eigenvalue weighted by Gasteiger charge is 2.03. The van der Waals surface area contributed by atoms with Gasteiger partial charge in [0.1, 0.15) is 0 Å². The molecule has 3 heteroatoms. The van der Waals surface area contributed by atoms with E-state index < -0.39 is 0 Å². The minimum absolute atomic E-state index is 0.939. The standard InChI is InChI=1S/C9H13N3/c1-10-9-11-7-5-3-4-6-8(7)12(9)2/h5-6H,3-4H2,1-2H3,(H,10,11). The fourth-order valence-corrected chi connectivity index (χ4v) is 1.59.